The fourth-order valence-electron chi connectivity index (χ4n) is 1.70. The Bertz CT molecular complexity index is 697. The van der Waals surface area contributed by atoms with E-state index in [1.807, 2.05) is 0 Å². The van der Waals surface area contributed by atoms with E-state index in [4.69, 9.17) is 20.0 Å². The third-order valence-electron chi connectivity index (χ3n) is 2.84. The number of guanidine groups is 1. The van der Waals surface area contributed by atoms with Gasteiger partial charge in [0.2, 0.25) is 11.0 Å². The average molecular weight is 353 g/mol. The molecule has 24 heavy (non-hydrogen) atoms. The van der Waals surface area contributed by atoms with Crippen molar-refractivity contribution in [1.29, 1.82) is 0 Å². The summed E-state index contributed by atoms with van der Waals surface area (Å²) in [7, 11) is 1.61. The standard InChI is InChI=1S/C14H19N5O4S/c1-22-5-4-16-13(15)19-14-18-10(8-24-14)11-3-2-9(23-11)6-17-12(21)7-20/h2-3,8,20H,4-7H2,1H3,(H,17,21)(H3,15,16,18,19). The van der Waals surface area contributed by atoms with Crippen molar-refractivity contribution in [2.45, 2.75) is 6.54 Å². The molecular formula is C14H19N5O4S. The van der Waals surface area contributed by atoms with Gasteiger partial charge in [-0.3, -0.25) is 4.79 Å². The third-order valence-corrected chi connectivity index (χ3v) is 3.57. The highest BCUT2D eigenvalue weighted by Crippen LogP contribution is 2.28. The van der Waals surface area contributed by atoms with E-state index in [-0.39, 0.29) is 12.5 Å². The van der Waals surface area contributed by atoms with Crippen LogP contribution in [0.25, 0.3) is 11.5 Å². The number of ether oxygens (including phenoxy) is 1. The van der Waals surface area contributed by atoms with E-state index in [1.165, 1.54) is 11.3 Å². The van der Waals surface area contributed by atoms with Crippen LogP contribution in [0.2, 0.25) is 0 Å². The van der Waals surface area contributed by atoms with Crippen molar-refractivity contribution in [2.75, 3.05) is 26.9 Å². The van der Waals surface area contributed by atoms with Gasteiger partial charge in [-0.05, 0) is 12.1 Å². The van der Waals surface area contributed by atoms with Crippen LogP contribution in [0.5, 0.6) is 0 Å². The molecule has 2 rings (SSSR count). The Kier molecular flexibility index (Phi) is 6.73. The number of aliphatic hydroxyl groups is 1. The molecule has 0 spiro atoms. The van der Waals surface area contributed by atoms with Gasteiger partial charge in [0.05, 0.1) is 13.2 Å². The molecule has 0 radical (unpaired) electrons. The number of rotatable bonds is 8. The van der Waals surface area contributed by atoms with Crippen LogP contribution in [0.15, 0.2) is 26.9 Å². The minimum Gasteiger partial charge on any atom is -0.458 e. The predicted molar refractivity (Wildman–Crippen MR) is 89.9 cm³/mol. The van der Waals surface area contributed by atoms with E-state index < -0.39 is 12.5 Å². The number of nitrogens with two attached hydrogens (primary N) is 1. The molecule has 2 aromatic rings. The molecule has 0 bridgehead atoms. The molecular weight excluding hydrogens is 334 g/mol. The molecule has 0 atom stereocenters. The summed E-state index contributed by atoms with van der Waals surface area (Å²) in [4.78, 5) is 19.5. The van der Waals surface area contributed by atoms with Crippen LogP contribution in [0, 0.1) is 0 Å². The van der Waals surface area contributed by atoms with Gasteiger partial charge in [0.15, 0.2) is 11.7 Å². The predicted octanol–water partition coefficient (Wildman–Crippen LogP) is 0.194. The number of aromatic nitrogens is 1. The summed E-state index contributed by atoms with van der Waals surface area (Å²) in [5, 5.41) is 16.4. The highest BCUT2D eigenvalue weighted by Gasteiger charge is 2.10. The maximum atomic E-state index is 11.0. The molecule has 0 fully saturated rings. The van der Waals surface area contributed by atoms with Crippen LogP contribution >= 0.6 is 11.3 Å². The number of nitrogens with one attached hydrogen (secondary N) is 2. The number of amides is 1. The summed E-state index contributed by atoms with van der Waals surface area (Å²) in [6.45, 7) is 0.734. The summed E-state index contributed by atoms with van der Waals surface area (Å²) in [6.07, 6.45) is 0. The lowest BCUT2D eigenvalue weighted by molar-refractivity contribution is -0.124. The van der Waals surface area contributed by atoms with Crippen LogP contribution in [0.3, 0.4) is 0 Å². The number of furan rings is 1. The van der Waals surface area contributed by atoms with E-state index in [0.717, 1.165) is 0 Å². The number of aliphatic imine (C=N–C) groups is 1. The molecule has 0 saturated heterocycles. The summed E-state index contributed by atoms with van der Waals surface area (Å²) >= 11 is 1.33. The van der Waals surface area contributed by atoms with E-state index in [2.05, 4.69) is 20.6 Å². The number of hydrogen-bond acceptors (Lipinski definition) is 7. The van der Waals surface area contributed by atoms with E-state index in [1.54, 1.807) is 24.6 Å². The molecule has 0 aliphatic rings. The van der Waals surface area contributed by atoms with Gasteiger partial charge in [0, 0.05) is 19.0 Å². The monoisotopic (exact) mass is 353 g/mol. The second-order valence-electron chi connectivity index (χ2n) is 4.63. The first-order valence-corrected chi connectivity index (χ1v) is 7.99. The van der Waals surface area contributed by atoms with Crippen molar-refractivity contribution in [3.8, 4) is 11.5 Å². The molecule has 2 heterocycles. The summed E-state index contributed by atoms with van der Waals surface area (Å²) in [5.74, 6) is 0.923. The van der Waals surface area contributed by atoms with Crippen molar-refractivity contribution in [3.63, 3.8) is 0 Å². The lowest BCUT2D eigenvalue weighted by atomic mass is 10.3. The molecule has 2 aromatic heterocycles. The highest BCUT2D eigenvalue weighted by atomic mass is 32.1. The number of carbonyl (C=O) groups excluding carboxylic acids is 1. The maximum absolute atomic E-state index is 11.0. The molecule has 0 saturated carbocycles. The Morgan fingerprint density at radius 2 is 2.33 bits per heavy atom. The lowest BCUT2D eigenvalue weighted by Gasteiger charge is -2.02. The minimum absolute atomic E-state index is 0.199. The Morgan fingerprint density at radius 1 is 1.50 bits per heavy atom. The normalized spacial score (nSPS) is 11.5. The number of carbonyl (C=O) groups is 1. The van der Waals surface area contributed by atoms with Crippen LogP contribution in [0.1, 0.15) is 5.76 Å². The van der Waals surface area contributed by atoms with Crippen molar-refractivity contribution in [3.05, 3.63) is 23.3 Å². The molecule has 1 amide bonds. The molecule has 10 heteroatoms. The molecule has 9 nitrogen and oxygen atoms in total. The van der Waals surface area contributed by atoms with Crippen LogP contribution in [0.4, 0.5) is 5.13 Å². The summed E-state index contributed by atoms with van der Waals surface area (Å²) < 4.78 is 10.5. The Morgan fingerprint density at radius 3 is 3.08 bits per heavy atom. The van der Waals surface area contributed by atoms with Crippen LogP contribution in [-0.4, -0.2) is 48.8 Å². The largest absolute Gasteiger partial charge is 0.458 e. The zero-order valence-corrected chi connectivity index (χ0v) is 13.9. The van der Waals surface area contributed by atoms with E-state index >= 15 is 0 Å². The van der Waals surface area contributed by atoms with Gasteiger partial charge in [0.1, 0.15) is 18.1 Å². The van der Waals surface area contributed by atoms with E-state index in [9.17, 15) is 4.79 Å². The fraction of sp³-hybridized carbons (Fsp3) is 0.357. The van der Waals surface area contributed by atoms with E-state index in [0.29, 0.717) is 35.5 Å². The Balaban J connectivity index is 1.96. The summed E-state index contributed by atoms with van der Waals surface area (Å²) in [5.41, 5.74) is 6.37. The Hall–Kier alpha value is -2.43. The van der Waals surface area contributed by atoms with Gasteiger partial charge in [-0.25, -0.2) is 4.98 Å². The topological polar surface area (TPSA) is 135 Å². The zero-order chi connectivity index (χ0) is 17.4. The first-order valence-electron chi connectivity index (χ1n) is 7.11. The summed E-state index contributed by atoms with van der Waals surface area (Å²) in [6, 6.07) is 3.49. The van der Waals surface area contributed by atoms with Crippen LogP contribution < -0.4 is 16.4 Å². The molecule has 0 aliphatic carbocycles. The van der Waals surface area contributed by atoms with Crippen molar-refractivity contribution < 1.29 is 19.1 Å². The average Bonchev–Trinajstić information content (AvgIpc) is 3.22. The third kappa shape index (κ3) is 5.33. The first kappa shape index (κ1) is 17.9. The number of thiazole rings is 1. The molecule has 130 valence electrons. The first-order chi connectivity index (χ1) is 11.6. The second kappa shape index (κ2) is 9.01. The van der Waals surface area contributed by atoms with Gasteiger partial charge >= 0.3 is 0 Å². The zero-order valence-electron chi connectivity index (χ0n) is 13.1. The fourth-order valence-corrected chi connectivity index (χ4v) is 2.39. The van der Waals surface area contributed by atoms with Gasteiger partial charge in [-0.15, -0.1) is 11.3 Å². The van der Waals surface area contributed by atoms with Crippen molar-refractivity contribution in [2.24, 2.45) is 10.7 Å². The quantitative estimate of drug-likeness (QED) is 0.302. The van der Waals surface area contributed by atoms with Crippen molar-refractivity contribution in [1.82, 2.24) is 15.6 Å². The smallest absolute Gasteiger partial charge is 0.246 e. The number of nitrogens with zero attached hydrogens (tertiary/aromatic N) is 2. The maximum Gasteiger partial charge on any atom is 0.246 e. The van der Waals surface area contributed by atoms with Gasteiger partial charge < -0.3 is 30.6 Å². The highest BCUT2D eigenvalue weighted by molar-refractivity contribution is 7.13. The SMILES string of the molecule is COCCNC(N)=Nc1nc(-c2ccc(CNC(=O)CO)o2)cs1. The molecule has 5 N–H and O–H groups in total. The van der Waals surface area contributed by atoms with Crippen molar-refractivity contribution >= 4 is 28.3 Å². The molecule has 0 aliphatic heterocycles. The number of hydrogen-bond donors (Lipinski definition) is 4. The van der Waals surface area contributed by atoms with Gasteiger partial charge in [0.25, 0.3) is 0 Å². The minimum atomic E-state index is -0.555. The lowest BCUT2D eigenvalue weighted by Crippen LogP contribution is -2.33. The van der Waals surface area contributed by atoms with Gasteiger partial charge in [-0.2, -0.15) is 4.99 Å². The Labute approximate surface area is 142 Å². The number of aliphatic hydroxyl groups excluding tert-OH is 1. The molecule has 0 aromatic carbocycles. The second-order valence-corrected chi connectivity index (χ2v) is 5.47. The molecule has 0 unspecified atom stereocenters. The van der Waals surface area contributed by atoms with Gasteiger partial charge in [-0.1, -0.05) is 0 Å². The van der Waals surface area contributed by atoms with Crippen LogP contribution in [-0.2, 0) is 16.1 Å². The number of methoxy groups -OCH3 is 1.